The van der Waals surface area contributed by atoms with E-state index in [0.717, 1.165) is 42.8 Å². The van der Waals surface area contributed by atoms with Gasteiger partial charge in [-0.1, -0.05) is 12.1 Å². The molecule has 1 aromatic carbocycles. The maximum absolute atomic E-state index is 4.68. The number of anilines is 2. The van der Waals surface area contributed by atoms with Crippen LogP contribution >= 0.6 is 0 Å². The fourth-order valence-electron chi connectivity index (χ4n) is 2.32. The van der Waals surface area contributed by atoms with Crippen LogP contribution in [0, 0.1) is 0 Å². The van der Waals surface area contributed by atoms with Gasteiger partial charge in [0.2, 0.25) is 5.95 Å². The largest absolute Gasteiger partial charge is 0.359 e. The molecule has 0 fully saturated rings. The van der Waals surface area contributed by atoms with Gasteiger partial charge in [0.05, 0.1) is 5.52 Å². The van der Waals surface area contributed by atoms with Gasteiger partial charge in [0, 0.05) is 25.5 Å². The molecule has 0 amide bonds. The van der Waals surface area contributed by atoms with Crippen molar-refractivity contribution >= 4 is 22.7 Å². The Hall–Kier alpha value is -1.88. The number of nitrogens with zero attached hydrogens (tertiary/aromatic N) is 4. The van der Waals surface area contributed by atoms with Gasteiger partial charge in [-0.3, -0.25) is 0 Å². The van der Waals surface area contributed by atoms with Crippen molar-refractivity contribution in [2.75, 3.05) is 51.0 Å². The van der Waals surface area contributed by atoms with Gasteiger partial charge in [-0.2, -0.15) is 4.98 Å². The van der Waals surface area contributed by atoms with E-state index in [4.69, 9.17) is 0 Å². The zero-order valence-electron chi connectivity index (χ0n) is 13.4. The Labute approximate surface area is 127 Å². The quantitative estimate of drug-likeness (QED) is 0.847. The third-order valence-corrected chi connectivity index (χ3v) is 3.38. The van der Waals surface area contributed by atoms with E-state index in [9.17, 15) is 0 Å². The van der Waals surface area contributed by atoms with Gasteiger partial charge in [-0.15, -0.1) is 0 Å². The normalized spacial score (nSPS) is 11.1. The molecule has 0 atom stereocenters. The molecule has 2 aromatic rings. The number of fused-ring (bicyclic) bond motifs is 1. The molecule has 114 valence electrons. The minimum atomic E-state index is 0.700. The van der Waals surface area contributed by atoms with E-state index in [-0.39, 0.29) is 0 Å². The fraction of sp³-hybridized carbons (Fsp3) is 0.500. The molecular weight excluding hydrogens is 262 g/mol. The molecule has 2 rings (SSSR count). The summed E-state index contributed by atoms with van der Waals surface area (Å²) >= 11 is 0. The Morgan fingerprint density at radius 3 is 2.52 bits per heavy atom. The Balaban J connectivity index is 2.27. The van der Waals surface area contributed by atoms with E-state index in [1.54, 1.807) is 0 Å². The molecule has 0 saturated heterocycles. The number of rotatable bonds is 7. The number of aromatic nitrogens is 2. The van der Waals surface area contributed by atoms with Crippen LogP contribution in [0.5, 0.6) is 0 Å². The number of hydrogen-bond donors (Lipinski definition) is 1. The van der Waals surface area contributed by atoms with Crippen LogP contribution in [0.25, 0.3) is 10.9 Å². The van der Waals surface area contributed by atoms with Gasteiger partial charge >= 0.3 is 0 Å². The van der Waals surface area contributed by atoms with Crippen LogP contribution in [-0.2, 0) is 0 Å². The molecule has 5 nitrogen and oxygen atoms in total. The van der Waals surface area contributed by atoms with E-state index in [1.165, 1.54) is 0 Å². The van der Waals surface area contributed by atoms with Crippen LogP contribution in [0.3, 0.4) is 0 Å². The summed E-state index contributed by atoms with van der Waals surface area (Å²) in [5.41, 5.74) is 0.984. The lowest BCUT2D eigenvalue weighted by Crippen LogP contribution is -2.24. The first kappa shape index (κ1) is 15.5. The van der Waals surface area contributed by atoms with Crippen molar-refractivity contribution in [1.29, 1.82) is 0 Å². The van der Waals surface area contributed by atoms with E-state index in [1.807, 2.05) is 18.2 Å². The minimum Gasteiger partial charge on any atom is -0.359 e. The molecule has 1 heterocycles. The maximum Gasteiger partial charge on any atom is 0.225 e. The minimum absolute atomic E-state index is 0.700. The van der Waals surface area contributed by atoms with E-state index >= 15 is 0 Å². The topological polar surface area (TPSA) is 44.3 Å². The lowest BCUT2D eigenvalue weighted by atomic mass is 10.2. The molecule has 0 aliphatic heterocycles. The van der Waals surface area contributed by atoms with Crippen LogP contribution in [-0.4, -0.2) is 55.6 Å². The molecule has 0 aliphatic carbocycles. The van der Waals surface area contributed by atoms with Crippen molar-refractivity contribution in [1.82, 2.24) is 14.9 Å². The Morgan fingerprint density at radius 1 is 1.05 bits per heavy atom. The van der Waals surface area contributed by atoms with E-state index < -0.39 is 0 Å². The van der Waals surface area contributed by atoms with E-state index in [0.29, 0.717) is 5.95 Å². The summed E-state index contributed by atoms with van der Waals surface area (Å²) in [6, 6.07) is 8.18. The highest BCUT2D eigenvalue weighted by Crippen LogP contribution is 2.24. The molecular formula is C16H25N5. The molecule has 0 unspecified atom stereocenters. The lowest BCUT2D eigenvalue weighted by molar-refractivity contribution is 0.401. The maximum atomic E-state index is 4.68. The first-order valence-electron chi connectivity index (χ1n) is 7.48. The standard InChI is InChI=1S/C16H25N5/c1-5-17-16-18-14-10-7-6-9-13(14)15(19-16)21(4)12-8-11-20(2)3/h6-7,9-10H,5,8,11-12H2,1-4H3,(H,17,18,19). The van der Waals surface area contributed by atoms with Gasteiger partial charge in [0.1, 0.15) is 5.82 Å². The smallest absolute Gasteiger partial charge is 0.225 e. The SMILES string of the molecule is CCNc1nc(N(C)CCCN(C)C)c2ccccc2n1. The number of nitrogens with one attached hydrogen (secondary N) is 1. The summed E-state index contributed by atoms with van der Waals surface area (Å²) in [4.78, 5) is 13.7. The molecule has 0 spiro atoms. The van der Waals surface area contributed by atoms with Crippen LogP contribution in [0.2, 0.25) is 0 Å². The zero-order valence-corrected chi connectivity index (χ0v) is 13.4. The number of para-hydroxylation sites is 1. The van der Waals surface area contributed by atoms with Crippen LogP contribution in [0.1, 0.15) is 13.3 Å². The van der Waals surface area contributed by atoms with Gasteiger partial charge in [0.25, 0.3) is 0 Å². The van der Waals surface area contributed by atoms with Crippen molar-refractivity contribution in [3.63, 3.8) is 0 Å². The second-order valence-corrected chi connectivity index (χ2v) is 5.50. The molecule has 1 aromatic heterocycles. The highest BCUT2D eigenvalue weighted by atomic mass is 15.2. The predicted molar refractivity (Wildman–Crippen MR) is 90.1 cm³/mol. The summed E-state index contributed by atoms with van der Waals surface area (Å²) in [5.74, 6) is 1.70. The van der Waals surface area contributed by atoms with Crippen molar-refractivity contribution in [2.24, 2.45) is 0 Å². The second kappa shape index (κ2) is 7.22. The monoisotopic (exact) mass is 287 g/mol. The molecule has 0 saturated carbocycles. The van der Waals surface area contributed by atoms with Gasteiger partial charge in [-0.25, -0.2) is 4.98 Å². The van der Waals surface area contributed by atoms with Crippen molar-refractivity contribution in [3.05, 3.63) is 24.3 Å². The summed E-state index contributed by atoms with van der Waals surface area (Å²) < 4.78 is 0. The van der Waals surface area contributed by atoms with E-state index in [2.05, 4.69) is 59.2 Å². The van der Waals surface area contributed by atoms with Crippen molar-refractivity contribution in [2.45, 2.75) is 13.3 Å². The summed E-state index contributed by atoms with van der Waals surface area (Å²) in [6.45, 7) is 4.93. The van der Waals surface area contributed by atoms with Crippen molar-refractivity contribution in [3.8, 4) is 0 Å². The highest BCUT2D eigenvalue weighted by molar-refractivity contribution is 5.90. The van der Waals surface area contributed by atoms with Crippen molar-refractivity contribution < 1.29 is 0 Å². The average molecular weight is 287 g/mol. The first-order valence-corrected chi connectivity index (χ1v) is 7.48. The molecule has 0 bridgehead atoms. The first-order chi connectivity index (χ1) is 10.1. The highest BCUT2D eigenvalue weighted by Gasteiger charge is 2.11. The predicted octanol–water partition coefficient (Wildman–Crippen LogP) is 2.45. The van der Waals surface area contributed by atoms with Gasteiger partial charge in [0.15, 0.2) is 0 Å². The summed E-state index contributed by atoms with van der Waals surface area (Å²) in [5, 5.41) is 4.32. The third kappa shape index (κ3) is 4.04. The van der Waals surface area contributed by atoms with Gasteiger partial charge in [-0.05, 0) is 46.1 Å². The fourth-order valence-corrected chi connectivity index (χ4v) is 2.32. The van der Waals surface area contributed by atoms with Crippen LogP contribution in [0.15, 0.2) is 24.3 Å². The molecule has 21 heavy (non-hydrogen) atoms. The Kier molecular flexibility index (Phi) is 5.33. The van der Waals surface area contributed by atoms with Gasteiger partial charge < -0.3 is 15.1 Å². The zero-order chi connectivity index (χ0) is 15.2. The van der Waals surface area contributed by atoms with Crippen LogP contribution < -0.4 is 10.2 Å². The number of hydrogen-bond acceptors (Lipinski definition) is 5. The summed E-state index contributed by atoms with van der Waals surface area (Å²) in [6.07, 6.45) is 1.11. The second-order valence-electron chi connectivity index (χ2n) is 5.50. The average Bonchev–Trinajstić information content (AvgIpc) is 2.46. The number of benzene rings is 1. The summed E-state index contributed by atoms with van der Waals surface area (Å²) in [7, 11) is 6.30. The van der Waals surface area contributed by atoms with Crippen LogP contribution in [0.4, 0.5) is 11.8 Å². The molecule has 0 radical (unpaired) electrons. The third-order valence-electron chi connectivity index (χ3n) is 3.38. The Morgan fingerprint density at radius 2 is 1.81 bits per heavy atom. The molecule has 1 N–H and O–H groups in total. The Bertz CT molecular complexity index is 582. The molecule has 5 heteroatoms. The molecule has 0 aliphatic rings. The lowest BCUT2D eigenvalue weighted by Gasteiger charge is -2.21.